The Morgan fingerprint density at radius 3 is 2.37 bits per heavy atom. The quantitative estimate of drug-likeness (QED) is 0.437. The van der Waals surface area contributed by atoms with Gasteiger partial charge in [0.15, 0.2) is 0 Å². The van der Waals surface area contributed by atoms with Crippen LogP contribution < -0.4 is 4.90 Å². The molecule has 0 bridgehead atoms. The first-order valence-corrected chi connectivity index (χ1v) is 8.75. The topological polar surface area (TPSA) is 86.6 Å². The lowest BCUT2D eigenvalue weighted by atomic mass is 10.1. The monoisotopic (exact) mass is 370 g/mol. The lowest BCUT2D eigenvalue weighted by molar-refractivity contribution is -0.222. The van der Waals surface area contributed by atoms with E-state index in [0.717, 1.165) is 30.9 Å². The summed E-state index contributed by atoms with van der Waals surface area (Å²) in [6.07, 6.45) is 4.96. The van der Waals surface area contributed by atoms with E-state index in [2.05, 4.69) is 22.1 Å². The predicted octanol–water partition coefficient (Wildman–Crippen LogP) is 2.02. The summed E-state index contributed by atoms with van der Waals surface area (Å²) in [6, 6.07) is 7.59. The summed E-state index contributed by atoms with van der Waals surface area (Å²) < 4.78 is 12.0. The second-order valence-corrected chi connectivity index (χ2v) is 6.57. The normalized spacial score (nSPS) is 15.9. The molecule has 8 nitrogen and oxygen atoms in total. The Kier molecular flexibility index (Phi) is 5.25. The summed E-state index contributed by atoms with van der Waals surface area (Å²) in [5.41, 5.74) is 1.64. The maximum atomic E-state index is 12.0. The van der Waals surface area contributed by atoms with Crippen LogP contribution in [0.4, 0.5) is 5.69 Å². The molecular weight excluding hydrogens is 348 g/mol. The number of cyclic esters (lactones) is 2. The number of rotatable bonds is 6. The van der Waals surface area contributed by atoms with Gasteiger partial charge in [0.1, 0.15) is 5.57 Å². The van der Waals surface area contributed by atoms with Crippen LogP contribution in [0, 0.1) is 0 Å². The van der Waals surface area contributed by atoms with Gasteiger partial charge in [0.05, 0.1) is 12.7 Å². The second-order valence-electron chi connectivity index (χ2n) is 6.57. The van der Waals surface area contributed by atoms with Crippen molar-refractivity contribution in [3.63, 3.8) is 0 Å². The standard InChI is InChI=1S/C19H22N4O4/c1-4-22(11-12-23-10-9-20-21-23)15-7-5-14(6-8-15)13-16-17(24)26-19(2,3)27-18(16)25/h5-10,13H,4,11-12H2,1-3H3. The zero-order chi connectivity index (χ0) is 19.4. The molecule has 0 N–H and O–H groups in total. The van der Waals surface area contributed by atoms with Gasteiger partial charge in [-0.1, -0.05) is 17.3 Å². The zero-order valence-electron chi connectivity index (χ0n) is 15.6. The maximum Gasteiger partial charge on any atom is 0.348 e. The molecule has 0 amide bonds. The van der Waals surface area contributed by atoms with E-state index in [4.69, 9.17) is 9.47 Å². The number of nitrogens with zero attached hydrogens (tertiary/aromatic N) is 4. The van der Waals surface area contributed by atoms with E-state index in [9.17, 15) is 9.59 Å². The van der Waals surface area contributed by atoms with Crippen LogP contribution in [0.3, 0.4) is 0 Å². The number of anilines is 1. The number of hydrogen-bond acceptors (Lipinski definition) is 7. The first-order chi connectivity index (χ1) is 12.9. The van der Waals surface area contributed by atoms with Gasteiger partial charge in [0.2, 0.25) is 0 Å². The highest BCUT2D eigenvalue weighted by Crippen LogP contribution is 2.25. The highest BCUT2D eigenvalue weighted by atomic mass is 16.7. The van der Waals surface area contributed by atoms with Crippen molar-refractivity contribution in [3.8, 4) is 0 Å². The molecule has 1 saturated heterocycles. The molecule has 2 heterocycles. The Hall–Kier alpha value is -3.16. The van der Waals surface area contributed by atoms with Gasteiger partial charge in [-0.2, -0.15) is 0 Å². The molecule has 27 heavy (non-hydrogen) atoms. The van der Waals surface area contributed by atoms with Crippen LogP contribution in [0.5, 0.6) is 0 Å². The van der Waals surface area contributed by atoms with Gasteiger partial charge in [-0.15, -0.1) is 5.10 Å². The first kappa shape index (κ1) is 18.6. The molecule has 8 heteroatoms. The van der Waals surface area contributed by atoms with Crippen LogP contribution in [0.25, 0.3) is 6.08 Å². The third-order valence-electron chi connectivity index (χ3n) is 4.14. The van der Waals surface area contributed by atoms with Gasteiger partial charge >= 0.3 is 11.9 Å². The van der Waals surface area contributed by atoms with Crippen LogP contribution in [-0.4, -0.2) is 45.8 Å². The van der Waals surface area contributed by atoms with E-state index < -0.39 is 17.7 Å². The number of carbonyl (C=O) groups excluding carboxylic acids is 2. The summed E-state index contributed by atoms with van der Waals surface area (Å²) in [4.78, 5) is 26.3. The molecule has 142 valence electrons. The fraction of sp³-hybridized carbons (Fsp3) is 0.368. The van der Waals surface area contributed by atoms with Crippen LogP contribution in [-0.2, 0) is 25.6 Å². The lowest BCUT2D eigenvalue weighted by Crippen LogP contribution is -2.41. The van der Waals surface area contributed by atoms with Crippen molar-refractivity contribution >= 4 is 23.7 Å². The van der Waals surface area contributed by atoms with Crippen LogP contribution in [0.15, 0.2) is 42.2 Å². The van der Waals surface area contributed by atoms with E-state index in [-0.39, 0.29) is 5.57 Å². The minimum Gasteiger partial charge on any atom is -0.419 e. The van der Waals surface area contributed by atoms with Crippen molar-refractivity contribution in [3.05, 3.63) is 47.8 Å². The summed E-state index contributed by atoms with van der Waals surface area (Å²) in [5, 5.41) is 7.76. The minimum absolute atomic E-state index is 0.111. The van der Waals surface area contributed by atoms with Gasteiger partial charge in [-0.05, 0) is 30.7 Å². The van der Waals surface area contributed by atoms with Crippen molar-refractivity contribution in [2.24, 2.45) is 0 Å². The molecule has 1 fully saturated rings. The number of carbonyl (C=O) groups is 2. The number of aromatic nitrogens is 3. The number of esters is 2. The molecule has 1 aliphatic heterocycles. The van der Waals surface area contributed by atoms with Crippen molar-refractivity contribution in [2.75, 3.05) is 18.0 Å². The van der Waals surface area contributed by atoms with Crippen molar-refractivity contribution in [1.29, 1.82) is 0 Å². The summed E-state index contributed by atoms with van der Waals surface area (Å²) >= 11 is 0. The smallest absolute Gasteiger partial charge is 0.348 e. The molecule has 1 aliphatic rings. The third kappa shape index (κ3) is 4.52. The molecule has 1 aromatic carbocycles. The van der Waals surface area contributed by atoms with E-state index in [0.29, 0.717) is 0 Å². The number of likely N-dealkylation sites (N-methyl/N-ethyl adjacent to an activating group) is 1. The Balaban J connectivity index is 1.70. The van der Waals surface area contributed by atoms with E-state index in [1.165, 1.54) is 19.9 Å². The Morgan fingerprint density at radius 1 is 1.15 bits per heavy atom. The fourth-order valence-electron chi connectivity index (χ4n) is 2.77. The molecule has 0 aliphatic carbocycles. The summed E-state index contributed by atoms with van der Waals surface area (Å²) in [7, 11) is 0. The Labute approximate surface area is 157 Å². The van der Waals surface area contributed by atoms with Gasteiger partial charge in [0, 0.05) is 38.8 Å². The SMILES string of the molecule is CCN(CCn1ccnn1)c1ccc(C=C2C(=O)OC(C)(C)OC2=O)cc1. The lowest BCUT2D eigenvalue weighted by Gasteiger charge is -2.29. The van der Waals surface area contributed by atoms with Crippen LogP contribution in [0.2, 0.25) is 0 Å². The average Bonchev–Trinajstić information content (AvgIpc) is 3.12. The number of ether oxygens (including phenoxy) is 2. The van der Waals surface area contributed by atoms with Gasteiger partial charge in [-0.25, -0.2) is 9.59 Å². The Bertz CT molecular complexity index is 819. The molecule has 0 spiro atoms. The van der Waals surface area contributed by atoms with E-state index >= 15 is 0 Å². The second kappa shape index (κ2) is 7.61. The highest BCUT2D eigenvalue weighted by molar-refractivity contribution is 6.18. The van der Waals surface area contributed by atoms with E-state index in [1.54, 1.807) is 10.9 Å². The minimum atomic E-state index is -1.24. The molecule has 1 aromatic heterocycles. The third-order valence-corrected chi connectivity index (χ3v) is 4.14. The fourth-order valence-corrected chi connectivity index (χ4v) is 2.77. The average molecular weight is 370 g/mol. The molecule has 3 rings (SSSR count). The summed E-state index contributed by atoms with van der Waals surface area (Å²) in [6.45, 7) is 7.47. The maximum absolute atomic E-state index is 12.0. The molecular formula is C19H22N4O4. The van der Waals surface area contributed by atoms with Crippen LogP contribution >= 0.6 is 0 Å². The number of hydrogen-bond donors (Lipinski definition) is 0. The van der Waals surface area contributed by atoms with E-state index in [1.807, 2.05) is 30.5 Å². The first-order valence-electron chi connectivity index (χ1n) is 8.75. The zero-order valence-corrected chi connectivity index (χ0v) is 15.6. The van der Waals surface area contributed by atoms with Crippen molar-refractivity contribution in [1.82, 2.24) is 15.0 Å². The molecule has 0 radical (unpaired) electrons. The summed E-state index contributed by atoms with van der Waals surface area (Å²) in [5.74, 6) is -2.59. The van der Waals surface area contributed by atoms with Crippen molar-refractivity contribution < 1.29 is 19.1 Å². The predicted molar refractivity (Wildman–Crippen MR) is 98.6 cm³/mol. The van der Waals surface area contributed by atoms with Crippen LogP contribution in [0.1, 0.15) is 26.3 Å². The Morgan fingerprint density at radius 2 is 1.81 bits per heavy atom. The van der Waals surface area contributed by atoms with Gasteiger partial charge < -0.3 is 14.4 Å². The molecule has 0 saturated carbocycles. The molecule has 0 atom stereocenters. The molecule has 2 aromatic rings. The molecule has 0 unspecified atom stereocenters. The largest absolute Gasteiger partial charge is 0.419 e. The van der Waals surface area contributed by atoms with Gasteiger partial charge in [0.25, 0.3) is 5.79 Å². The highest BCUT2D eigenvalue weighted by Gasteiger charge is 2.38. The van der Waals surface area contributed by atoms with Gasteiger partial charge in [-0.3, -0.25) is 4.68 Å². The van der Waals surface area contributed by atoms with Crippen molar-refractivity contribution in [2.45, 2.75) is 33.1 Å². The number of benzene rings is 1.